The van der Waals surface area contributed by atoms with E-state index in [1.165, 1.54) is 0 Å². The molecule has 0 bridgehead atoms. The van der Waals surface area contributed by atoms with Crippen molar-refractivity contribution in [1.29, 1.82) is 0 Å². The number of nitrogens with one attached hydrogen (secondary N) is 1. The molecule has 3 rings (SSSR count). The topological polar surface area (TPSA) is 59.3 Å². The van der Waals surface area contributed by atoms with Gasteiger partial charge in [0.25, 0.3) is 0 Å². The van der Waals surface area contributed by atoms with Gasteiger partial charge in [0.15, 0.2) is 5.76 Å². The van der Waals surface area contributed by atoms with Crippen LogP contribution in [0.5, 0.6) is 0 Å². The Balaban J connectivity index is 1.94. The standard InChI is InChI=1S/C15H13NO3/c1-9-2-6-13(19-9)15(18)11-3-5-12-10(8-11)4-7-14(17)16-12/h2-3,5-6,8H,4,7H2,1H3,(H,16,17). The van der Waals surface area contributed by atoms with Crippen molar-refractivity contribution in [2.45, 2.75) is 19.8 Å². The fourth-order valence-electron chi connectivity index (χ4n) is 2.22. The van der Waals surface area contributed by atoms with E-state index in [1.54, 1.807) is 31.2 Å². The first-order valence-corrected chi connectivity index (χ1v) is 6.17. The molecule has 96 valence electrons. The molecule has 0 aliphatic carbocycles. The Morgan fingerprint density at radius 3 is 2.79 bits per heavy atom. The van der Waals surface area contributed by atoms with Gasteiger partial charge in [-0.15, -0.1) is 0 Å². The number of rotatable bonds is 2. The highest BCUT2D eigenvalue weighted by molar-refractivity contribution is 6.08. The van der Waals surface area contributed by atoms with Gasteiger partial charge < -0.3 is 9.73 Å². The minimum Gasteiger partial charge on any atom is -0.458 e. The molecule has 1 amide bonds. The largest absolute Gasteiger partial charge is 0.458 e. The van der Waals surface area contributed by atoms with E-state index >= 15 is 0 Å². The lowest BCUT2D eigenvalue weighted by molar-refractivity contribution is -0.116. The van der Waals surface area contributed by atoms with Crippen molar-refractivity contribution in [3.63, 3.8) is 0 Å². The Hall–Kier alpha value is -2.36. The van der Waals surface area contributed by atoms with E-state index in [9.17, 15) is 9.59 Å². The number of fused-ring (bicyclic) bond motifs is 1. The second kappa shape index (κ2) is 4.39. The number of amides is 1. The second-order valence-corrected chi connectivity index (χ2v) is 4.66. The van der Waals surface area contributed by atoms with Crippen molar-refractivity contribution in [2.75, 3.05) is 5.32 Å². The molecule has 0 fully saturated rings. The quantitative estimate of drug-likeness (QED) is 0.839. The number of furan rings is 1. The molecule has 1 N–H and O–H groups in total. The first-order chi connectivity index (χ1) is 9.13. The maximum atomic E-state index is 12.2. The highest BCUT2D eigenvalue weighted by Crippen LogP contribution is 2.25. The van der Waals surface area contributed by atoms with Crippen LogP contribution in [0.2, 0.25) is 0 Å². The van der Waals surface area contributed by atoms with Gasteiger partial charge in [-0.3, -0.25) is 9.59 Å². The Morgan fingerprint density at radius 1 is 1.21 bits per heavy atom. The van der Waals surface area contributed by atoms with Gasteiger partial charge in [0.1, 0.15) is 5.76 Å². The van der Waals surface area contributed by atoms with Gasteiger partial charge in [0, 0.05) is 17.7 Å². The number of carbonyl (C=O) groups is 2. The lowest BCUT2D eigenvalue weighted by Crippen LogP contribution is -2.19. The number of ketones is 1. The Labute approximate surface area is 110 Å². The SMILES string of the molecule is Cc1ccc(C(=O)c2ccc3c(c2)CCC(=O)N3)o1. The fourth-order valence-corrected chi connectivity index (χ4v) is 2.22. The molecule has 2 aromatic rings. The summed E-state index contributed by atoms with van der Waals surface area (Å²) in [5.41, 5.74) is 2.38. The zero-order chi connectivity index (χ0) is 13.4. The zero-order valence-corrected chi connectivity index (χ0v) is 10.5. The maximum Gasteiger partial charge on any atom is 0.228 e. The predicted molar refractivity (Wildman–Crippen MR) is 70.3 cm³/mol. The summed E-state index contributed by atoms with van der Waals surface area (Å²) in [6.07, 6.45) is 1.13. The number of benzene rings is 1. The first kappa shape index (κ1) is 11.7. The van der Waals surface area contributed by atoms with E-state index in [4.69, 9.17) is 4.42 Å². The van der Waals surface area contributed by atoms with Crippen LogP contribution in [0.3, 0.4) is 0 Å². The molecule has 0 radical (unpaired) electrons. The molecular formula is C15H13NO3. The summed E-state index contributed by atoms with van der Waals surface area (Å²) in [5, 5.41) is 2.80. The highest BCUT2D eigenvalue weighted by Gasteiger charge is 2.18. The van der Waals surface area contributed by atoms with E-state index in [1.807, 2.05) is 6.07 Å². The molecule has 19 heavy (non-hydrogen) atoms. The summed E-state index contributed by atoms with van der Waals surface area (Å²) >= 11 is 0. The van der Waals surface area contributed by atoms with Gasteiger partial charge in [0.05, 0.1) is 0 Å². The Bertz CT molecular complexity index is 670. The normalized spacial score (nSPS) is 13.8. The molecule has 0 spiro atoms. The molecular weight excluding hydrogens is 242 g/mol. The molecule has 4 nitrogen and oxygen atoms in total. The van der Waals surface area contributed by atoms with E-state index in [0.717, 1.165) is 11.3 Å². The molecule has 4 heteroatoms. The first-order valence-electron chi connectivity index (χ1n) is 6.17. The zero-order valence-electron chi connectivity index (χ0n) is 10.5. The van der Waals surface area contributed by atoms with Crippen LogP contribution in [0.15, 0.2) is 34.7 Å². The van der Waals surface area contributed by atoms with Gasteiger partial charge >= 0.3 is 0 Å². The lowest BCUT2D eigenvalue weighted by atomic mass is 9.98. The van der Waals surface area contributed by atoms with Crippen molar-refractivity contribution in [1.82, 2.24) is 0 Å². The van der Waals surface area contributed by atoms with Gasteiger partial charge in [-0.05, 0) is 49.2 Å². The molecule has 0 atom stereocenters. The maximum absolute atomic E-state index is 12.2. The summed E-state index contributed by atoms with van der Waals surface area (Å²) in [4.78, 5) is 23.5. The molecule has 0 unspecified atom stereocenters. The third-order valence-electron chi connectivity index (χ3n) is 3.23. The fraction of sp³-hybridized carbons (Fsp3) is 0.200. The lowest BCUT2D eigenvalue weighted by Gasteiger charge is -2.17. The predicted octanol–water partition coefficient (Wildman–Crippen LogP) is 2.70. The van der Waals surface area contributed by atoms with Crippen LogP contribution in [0.4, 0.5) is 5.69 Å². The number of aryl methyl sites for hydroxylation is 2. The van der Waals surface area contributed by atoms with Crippen molar-refractivity contribution >= 4 is 17.4 Å². The minimum atomic E-state index is -0.132. The molecule has 1 aliphatic rings. The third-order valence-corrected chi connectivity index (χ3v) is 3.23. The van der Waals surface area contributed by atoms with Crippen LogP contribution in [0, 0.1) is 6.92 Å². The highest BCUT2D eigenvalue weighted by atomic mass is 16.3. The monoisotopic (exact) mass is 255 g/mol. The van der Waals surface area contributed by atoms with Crippen molar-refractivity contribution in [2.24, 2.45) is 0 Å². The number of anilines is 1. The molecule has 0 saturated heterocycles. The molecule has 1 aliphatic heterocycles. The summed E-state index contributed by atoms with van der Waals surface area (Å²) in [5.74, 6) is 0.951. The van der Waals surface area contributed by atoms with Crippen LogP contribution < -0.4 is 5.32 Å². The summed E-state index contributed by atoms with van der Waals surface area (Å²) in [6, 6.07) is 8.76. The van der Waals surface area contributed by atoms with Crippen LogP contribution in [0.1, 0.15) is 33.9 Å². The summed E-state index contributed by atoms with van der Waals surface area (Å²) in [6.45, 7) is 1.80. The number of hydrogen-bond acceptors (Lipinski definition) is 3. The van der Waals surface area contributed by atoms with Crippen LogP contribution in [0.25, 0.3) is 0 Å². The van der Waals surface area contributed by atoms with Gasteiger partial charge in [-0.25, -0.2) is 0 Å². The smallest absolute Gasteiger partial charge is 0.228 e. The summed E-state index contributed by atoms with van der Waals surface area (Å²) < 4.78 is 5.34. The average molecular weight is 255 g/mol. The molecule has 1 aromatic carbocycles. The number of hydrogen-bond donors (Lipinski definition) is 1. The van der Waals surface area contributed by atoms with Crippen LogP contribution >= 0.6 is 0 Å². The molecule has 2 heterocycles. The molecule has 0 saturated carbocycles. The Morgan fingerprint density at radius 2 is 2.05 bits per heavy atom. The third kappa shape index (κ3) is 2.17. The Kier molecular flexibility index (Phi) is 2.71. The van der Waals surface area contributed by atoms with Gasteiger partial charge in [-0.1, -0.05) is 0 Å². The molecule has 1 aromatic heterocycles. The van der Waals surface area contributed by atoms with Crippen molar-refractivity contribution < 1.29 is 14.0 Å². The van der Waals surface area contributed by atoms with E-state index in [2.05, 4.69) is 5.32 Å². The van der Waals surface area contributed by atoms with Crippen molar-refractivity contribution in [3.05, 3.63) is 53.0 Å². The minimum absolute atomic E-state index is 0.0215. The van der Waals surface area contributed by atoms with E-state index < -0.39 is 0 Å². The van der Waals surface area contributed by atoms with E-state index in [-0.39, 0.29) is 11.7 Å². The number of carbonyl (C=O) groups excluding carboxylic acids is 2. The second-order valence-electron chi connectivity index (χ2n) is 4.66. The van der Waals surface area contributed by atoms with Crippen molar-refractivity contribution in [3.8, 4) is 0 Å². The van der Waals surface area contributed by atoms with Crippen LogP contribution in [-0.4, -0.2) is 11.7 Å². The van der Waals surface area contributed by atoms with Crippen LogP contribution in [-0.2, 0) is 11.2 Å². The van der Waals surface area contributed by atoms with E-state index in [0.29, 0.717) is 29.9 Å². The average Bonchev–Trinajstić information content (AvgIpc) is 2.84. The summed E-state index contributed by atoms with van der Waals surface area (Å²) in [7, 11) is 0. The van der Waals surface area contributed by atoms with Gasteiger partial charge in [0.2, 0.25) is 11.7 Å². The van der Waals surface area contributed by atoms with Gasteiger partial charge in [-0.2, -0.15) is 0 Å².